The van der Waals surface area contributed by atoms with Crippen molar-refractivity contribution >= 4 is 42.4 Å². The zero-order valence-corrected chi connectivity index (χ0v) is 6.20. The van der Waals surface area contributed by atoms with Gasteiger partial charge in [0.1, 0.15) is 0 Å². The van der Waals surface area contributed by atoms with Gasteiger partial charge in [-0.2, -0.15) is 0 Å². The van der Waals surface area contributed by atoms with Crippen molar-refractivity contribution in [1.82, 2.24) is 9.59 Å². The van der Waals surface area contributed by atoms with Crippen LogP contribution in [0.5, 0.6) is 0 Å². The van der Waals surface area contributed by atoms with Gasteiger partial charge in [-0.1, -0.05) is 0 Å². The Labute approximate surface area is 57.2 Å². The van der Waals surface area contributed by atoms with Crippen LogP contribution >= 0.6 is 11.5 Å². The molecule has 0 saturated heterocycles. The van der Waals surface area contributed by atoms with Gasteiger partial charge >= 0.3 is 57.4 Å². The minimum absolute atomic E-state index is 1.03. The van der Waals surface area contributed by atoms with Gasteiger partial charge in [-0.25, -0.2) is 0 Å². The number of hydrogen-bond donors (Lipinski definition) is 0. The quantitative estimate of drug-likeness (QED) is 0.412. The van der Waals surface area contributed by atoms with Gasteiger partial charge in [0, 0.05) is 0 Å². The topological polar surface area (TPSA) is 25.8 Å². The molecule has 0 atom stereocenters. The zero-order chi connectivity index (χ0) is 4.41. The van der Waals surface area contributed by atoms with Crippen molar-refractivity contribution in [3.63, 3.8) is 0 Å². The van der Waals surface area contributed by atoms with E-state index >= 15 is 0 Å². The van der Waals surface area contributed by atoms with Gasteiger partial charge in [0.05, 0.1) is 0 Å². The third-order valence-electron chi connectivity index (χ3n) is 0.469. The van der Waals surface area contributed by atoms with Crippen molar-refractivity contribution in [1.29, 1.82) is 0 Å². The van der Waals surface area contributed by atoms with Gasteiger partial charge in [-0.05, 0) is 0 Å². The molecule has 0 N–H and O–H groups in total. The van der Waals surface area contributed by atoms with Crippen molar-refractivity contribution in [2.45, 2.75) is 0 Å². The van der Waals surface area contributed by atoms with Crippen LogP contribution in [0.1, 0.15) is 0 Å². The molecule has 1 aromatic heterocycles. The molecule has 4 heteroatoms. The fourth-order valence-electron chi connectivity index (χ4n) is 0.211. The molecule has 0 unspecified atom stereocenters. The maximum atomic E-state index is 3.75. The molecule has 2 nitrogen and oxygen atoms in total. The first-order valence-corrected chi connectivity index (χ1v) is 3.47. The molecule has 6 heavy (non-hydrogen) atoms. The van der Waals surface area contributed by atoms with E-state index < -0.39 is 0 Å². The Hall–Kier alpha value is 0.560. The molecule has 0 bridgehead atoms. The third kappa shape index (κ3) is 1.01. The number of aromatic nitrogens is 2. The first-order valence-electron chi connectivity index (χ1n) is 1.63. The van der Waals surface area contributed by atoms with Gasteiger partial charge in [-0.3, -0.25) is 0 Å². The summed E-state index contributed by atoms with van der Waals surface area (Å²) in [5.41, 5.74) is 0. The van der Waals surface area contributed by atoms with Crippen LogP contribution < -0.4 is 2.94 Å². The molecule has 0 radical (unpaired) electrons. The summed E-state index contributed by atoms with van der Waals surface area (Å²) < 4.78 is 4.79. The van der Waals surface area contributed by atoms with E-state index in [1.807, 2.05) is 5.38 Å². The minimum atomic E-state index is 1.03. The Morgan fingerprint density at radius 1 is 1.83 bits per heavy atom. The standard InChI is InChI=1S/C2HN2S.Na/c1-2-5-4-3-1;/h2H;. The van der Waals surface area contributed by atoms with Gasteiger partial charge < -0.3 is 0 Å². The van der Waals surface area contributed by atoms with Gasteiger partial charge in [-0.15, -0.1) is 0 Å². The third-order valence-corrected chi connectivity index (χ3v) is 2.00. The Bertz CT molecular complexity index is 115. The average molecular weight is 108 g/mol. The van der Waals surface area contributed by atoms with E-state index in [9.17, 15) is 0 Å². The van der Waals surface area contributed by atoms with Crippen LogP contribution in [0.25, 0.3) is 0 Å². The van der Waals surface area contributed by atoms with Crippen LogP contribution in [0, 0.1) is 0 Å². The maximum absolute atomic E-state index is 3.75. The molecule has 0 spiro atoms. The molecule has 0 aliphatic heterocycles. The van der Waals surface area contributed by atoms with E-state index in [-0.39, 0.29) is 0 Å². The Kier molecular flexibility index (Phi) is 1.59. The molecule has 0 aromatic carbocycles. The van der Waals surface area contributed by atoms with Crippen LogP contribution in [0.2, 0.25) is 0 Å². The molecule has 0 aliphatic carbocycles. The van der Waals surface area contributed by atoms with Crippen molar-refractivity contribution in [3.8, 4) is 0 Å². The summed E-state index contributed by atoms with van der Waals surface area (Å²) in [6, 6.07) is 0. The molecule has 26 valence electrons. The predicted octanol–water partition coefficient (Wildman–Crippen LogP) is -0.668. The van der Waals surface area contributed by atoms with E-state index in [1.54, 1.807) is 0 Å². The second-order valence-electron chi connectivity index (χ2n) is 1.05. The first-order chi connectivity index (χ1) is 2.89. The fraction of sp³-hybridized carbons (Fsp3) is 0. The zero-order valence-electron chi connectivity index (χ0n) is 3.38. The summed E-state index contributed by atoms with van der Waals surface area (Å²) in [7, 11) is 0. The van der Waals surface area contributed by atoms with Crippen molar-refractivity contribution in [2.24, 2.45) is 0 Å². The normalized spacial score (nSPS) is 9.00. The van der Waals surface area contributed by atoms with E-state index in [4.69, 9.17) is 0 Å². The number of hydrogen-bond acceptors (Lipinski definition) is 3. The number of nitrogens with zero attached hydrogens (tertiary/aromatic N) is 2. The summed E-state index contributed by atoms with van der Waals surface area (Å²) in [5.74, 6) is 0. The van der Waals surface area contributed by atoms with Crippen molar-refractivity contribution in [2.75, 3.05) is 0 Å². The fourth-order valence-corrected chi connectivity index (χ4v) is 1.20. The molecule has 1 heterocycles. The van der Waals surface area contributed by atoms with Crippen LogP contribution in [0.15, 0.2) is 5.38 Å². The predicted molar refractivity (Wildman–Crippen MR) is 25.3 cm³/mol. The van der Waals surface area contributed by atoms with Crippen LogP contribution in [0.4, 0.5) is 0 Å². The monoisotopic (exact) mass is 108 g/mol. The van der Waals surface area contributed by atoms with Gasteiger partial charge in [0.15, 0.2) is 0 Å². The Morgan fingerprint density at radius 3 is 2.83 bits per heavy atom. The van der Waals surface area contributed by atoms with Gasteiger partial charge in [0.2, 0.25) is 0 Å². The van der Waals surface area contributed by atoms with Crippen LogP contribution in [-0.4, -0.2) is 37.5 Å². The summed E-state index contributed by atoms with van der Waals surface area (Å²) in [6.45, 7) is 0. The van der Waals surface area contributed by atoms with E-state index in [2.05, 4.69) is 9.59 Å². The molecule has 1 aromatic rings. The van der Waals surface area contributed by atoms with Gasteiger partial charge in [0.25, 0.3) is 0 Å². The van der Waals surface area contributed by atoms with Crippen LogP contribution in [0.3, 0.4) is 0 Å². The van der Waals surface area contributed by atoms with E-state index in [0.717, 1.165) is 30.9 Å². The second kappa shape index (κ2) is 2.02. The van der Waals surface area contributed by atoms with E-state index in [1.165, 1.54) is 11.5 Å². The Balaban J connectivity index is 3.05. The summed E-state index contributed by atoms with van der Waals surface area (Å²) in [4.78, 5) is 0. The number of rotatable bonds is 0. The molecular formula is C2HN2NaS. The van der Waals surface area contributed by atoms with Crippen molar-refractivity contribution in [3.05, 3.63) is 5.38 Å². The molecule has 1 rings (SSSR count). The molecule has 0 amide bonds. The summed E-state index contributed by atoms with van der Waals surface area (Å²) in [6.07, 6.45) is 0. The van der Waals surface area contributed by atoms with Crippen LogP contribution in [-0.2, 0) is 0 Å². The van der Waals surface area contributed by atoms with Crippen molar-refractivity contribution < 1.29 is 0 Å². The Morgan fingerprint density at radius 2 is 2.67 bits per heavy atom. The summed E-state index contributed by atoms with van der Waals surface area (Å²) in [5, 5.41) is 5.71. The molecule has 0 saturated carbocycles. The first kappa shape index (κ1) is 4.71. The molecular weight excluding hydrogens is 107 g/mol. The second-order valence-corrected chi connectivity index (χ2v) is 2.68. The SMILES string of the molecule is [Na][c]1csnn1. The average Bonchev–Trinajstić information content (AvgIpc) is 1.86. The van der Waals surface area contributed by atoms with E-state index in [0.29, 0.717) is 0 Å². The molecule has 0 fully saturated rings. The summed E-state index contributed by atoms with van der Waals surface area (Å²) >= 11 is 2.45. The molecule has 0 aliphatic rings.